The van der Waals surface area contributed by atoms with E-state index in [1.54, 1.807) is 0 Å². The molecule has 4 nitrogen and oxygen atoms in total. The first-order valence-corrected chi connectivity index (χ1v) is 18.2. The lowest BCUT2D eigenvalue weighted by Gasteiger charge is -2.24. The molecule has 4 heteroatoms. The summed E-state index contributed by atoms with van der Waals surface area (Å²) in [5.74, 6) is 0.606. The van der Waals surface area contributed by atoms with Gasteiger partial charge in [-0.15, -0.1) is 0 Å². The van der Waals surface area contributed by atoms with Gasteiger partial charge >= 0.3 is 0 Å². The summed E-state index contributed by atoms with van der Waals surface area (Å²) >= 11 is 0. The third-order valence-electron chi connectivity index (χ3n) is 10.3. The Morgan fingerprint density at radius 3 is 1.63 bits per heavy atom. The molecule has 0 bridgehead atoms. The van der Waals surface area contributed by atoms with Crippen LogP contribution >= 0.6 is 0 Å². The van der Waals surface area contributed by atoms with Gasteiger partial charge in [-0.25, -0.2) is 9.97 Å². The zero-order valence-corrected chi connectivity index (χ0v) is 29.4. The molecule has 0 aliphatic heterocycles. The molecule has 0 aliphatic carbocycles. The van der Waals surface area contributed by atoms with E-state index in [0.717, 1.165) is 50.2 Å². The lowest BCUT2D eigenvalue weighted by atomic mass is 10.0. The van der Waals surface area contributed by atoms with Crippen LogP contribution in [0.4, 0.5) is 17.3 Å². The summed E-state index contributed by atoms with van der Waals surface area (Å²) in [5, 5.41) is 4.85. The van der Waals surface area contributed by atoms with Crippen molar-refractivity contribution in [2.45, 2.75) is 0 Å². The molecule has 0 amide bonds. The minimum Gasteiger partial charge on any atom is -0.309 e. The molecular formula is C50H34N4. The van der Waals surface area contributed by atoms with Crippen LogP contribution in [0.2, 0.25) is 0 Å². The predicted octanol–water partition coefficient (Wildman–Crippen LogP) is 13.2. The van der Waals surface area contributed by atoms with Gasteiger partial charge in [-0.05, 0) is 93.2 Å². The Morgan fingerprint density at radius 2 is 0.889 bits per heavy atom. The molecule has 0 saturated heterocycles. The van der Waals surface area contributed by atoms with Crippen LogP contribution in [0, 0.1) is 0 Å². The van der Waals surface area contributed by atoms with E-state index in [1.807, 2.05) is 36.7 Å². The predicted molar refractivity (Wildman–Crippen MR) is 225 cm³/mol. The molecule has 0 unspecified atom stereocenters. The average molecular weight is 691 g/mol. The number of hydrogen-bond acceptors (Lipinski definition) is 3. The van der Waals surface area contributed by atoms with Gasteiger partial charge in [-0.1, -0.05) is 140 Å². The summed E-state index contributed by atoms with van der Waals surface area (Å²) in [5.41, 5.74) is 12.2. The molecule has 8 aromatic carbocycles. The molecule has 2 aromatic heterocycles. The number of fused-ring (bicyclic) bond motifs is 4. The Morgan fingerprint density at radius 1 is 0.352 bits per heavy atom. The molecule has 0 saturated carbocycles. The van der Waals surface area contributed by atoms with Gasteiger partial charge in [0.2, 0.25) is 5.95 Å². The maximum absolute atomic E-state index is 4.94. The maximum atomic E-state index is 4.94. The van der Waals surface area contributed by atoms with Gasteiger partial charge in [0.05, 0.1) is 11.0 Å². The summed E-state index contributed by atoms with van der Waals surface area (Å²) < 4.78 is 2.36. The zero-order valence-electron chi connectivity index (χ0n) is 29.4. The van der Waals surface area contributed by atoms with Crippen LogP contribution in [0.25, 0.3) is 71.6 Å². The number of hydrogen-bond donors (Lipinski definition) is 0. The minimum absolute atomic E-state index is 0.606. The largest absolute Gasteiger partial charge is 0.309 e. The Bertz CT molecular complexity index is 2810. The summed E-state index contributed by atoms with van der Waals surface area (Å²) in [7, 11) is 0. The van der Waals surface area contributed by atoms with E-state index in [0.29, 0.717) is 5.95 Å². The van der Waals surface area contributed by atoms with Crippen LogP contribution in [-0.4, -0.2) is 14.5 Å². The highest BCUT2D eigenvalue weighted by Gasteiger charge is 2.19. The first kappa shape index (κ1) is 31.4. The topological polar surface area (TPSA) is 34.0 Å². The molecule has 10 aromatic rings. The molecule has 254 valence electrons. The smallest absolute Gasteiger partial charge is 0.234 e. The number of aromatic nitrogens is 3. The number of nitrogens with zero attached hydrogens (tertiary/aromatic N) is 4. The van der Waals surface area contributed by atoms with Crippen molar-refractivity contribution in [1.29, 1.82) is 0 Å². The van der Waals surface area contributed by atoms with Gasteiger partial charge in [-0.3, -0.25) is 4.90 Å². The number of para-hydroxylation sites is 1. The molecule has 0 fully saturated rings. The van der Waals surface area contributed by atoms with Crippen LogP contribution in [0.3, 0.4) is 0 Å². The second-order valence-electron chi connectivity index (χ2n) is 13.5. The first-order chi connectivity index (χ1) is 26.8. The third kappa shape index (κ3) is 5.67. The van der Waals surface area contributed by atoms with Gasteiger partial charge in [-0.2, -0.15) is 0 Å². The van der Waals surface area contributed by atoms with E-state index < -0.39 is 0 Å². The summed E-state index contributed by atoms with van der Waals surface area (Å²) in [6.07, 6.45) is 3.82. The van der Waals surface area contributed by atoms with Crippen LogP contribution in [0.1, 0.15) is 0 Å². The Balaban J connectivity index is 1.08. The Labute approximate surface area is 313 Å². The lowest BCUT2D eigenvalue weighted by Crippen LogP contribution is -2.13. The van der Waals surface area contributed by atoms with Crippen molar-refractivity contribution in [3.05, 3.63) is 207 Å². The standard InChI is InChI=1S/C50H34N4/c1-3-11-35(12-4-1)38-21-25-43(26-22-38)53(50-51-33-42(34-52-50)36-13-5-2-6-14-36)45-29-30-49-47(32-45)46-17-9-10-18-48(46)54(49)44-27-23-39(24-28-44)41-20-19-37-15-7-8-16-40(37)31-41/h1-34H. The van der Waals surface area contributed by atoms with Crippen LogP contribution in [-0.2, 0) is 0 Å². The summed E-state index contributed by atoms with van der Waals surface area (Å²) in [6, 6.07) is 68.8. The van der Waals surface area contributed by atoms with E-state index in [2.05, 4.69) is 179 Å². The third-order valence-corrected chi connectivity index (χ3v) is 10.3. The second-order valence-corrected chi connectivity index (χ2v) is 13.5. The van der Waals surface area contributed by atoms with Gasteiger partial charge in [0.25, 0.3) is 0 Å². The van der Waals surface area contributed by atoms with Crippen molar-refractivity contribution < 1.29 is 0 Å². The summed E-state index contributed by atoms with van der Waals surface area (Å²) in [4.78, 5) is 12.0. The van der Waals surface area contributed by atoms with E-state index in [9.17, 15) is 0 Å². The molecule has 0 aliphatic rings. The highest BCUT2D eigenvalue weighted by atomic mass is 15.3. The van der Waals surface area contributed by atoms with E-state index in [1.165, 1.54) is 32.8 Å². The molecule has 10 rings (SSSR count). The van der Waals surface area contributed by atoms with Gasteiger partial charge < -0.3 is 4.57 Å². The fourth-order valence-corrected chi connectivity index (χ4v) is 7.58. The second kappa shape index (κ2) is 13.4. The molecule has 0 spiro atoms. The SMILES string of the molecule is c1ccc(-c2ccc(N(c3ccc4c(c3)c3ccccc3n4-c3ccc(-c4ccc5ccccc5c4)cc3)c3ncc(-c4ccccc4)cn3)cc2)cc1. The molecule has 0 N–H and O–H groups in total. The number of rotatable bonds is 7. The number of anilines is 3. The Hall–Kier alpha value is -7.30. The monoisotopic (exact) mass is 690 g/mol. The van der Waals surface area contributed by atoms with E-state index in [-0.39, 0.29) is 0 Å². The van der Waals surface area contributed by atoms with Crippen LogP contribution in [0.15, 0.2) is 207 Å². The molecular weight excluding hydrogens is 657 g/mol. The van der Waals surface area contributed by atoms with Crippen molar-refractivity contribution in [3.63, 3.8) is 0 Å². The maximum Gasteiger partial charge on any atom is 0.234 e. The van der Waals surface area contributed by atoms with E-state index in [4.69, 9.17) is 9.97 Å². The average Bonchev–Trinajstić information content (AvgIpc) is 3.58. The van der Waals surface area contributed by atoms with Crippen molar-refractivity contribution in [3.8, 4) is 39.1 Å². The quantitative estimate of drug-likeness (QED) is 0.167. The Kier molecular flexibility index (Phi) is 7.77. The van der Waals surface area contributed by atoms with Gasteiger partial charge in [0.1, 0.15) is 0 Å². The molecule has 0 radical (unpaired) electrons. The molecule has 0 atom stereocenters. The van der Waals surface area contributed by atoms with Gasteiger partial charge in [0, 0.05) is 45.8 Å². The lowest BCUT2D eigenvalue weighted by molar-refractivity contribution is 1.08. The van der Waals surface area contributed by atoms with Crippen molar-refractivity contribution >= 4 is 49.9 Å². The fraction of sp³-hybridized carbons (Fsp3) is 0. The van der Waals surface area contributed by atoms with Crippen LogP contribution < -0.4 is 4.90 Å². The minimum atomic E-state index is 0.606. The molecule has 2 heterocycles. The molecule has 54 heavy (non-hydrogen) atoms. The van der Waals surface area contributed by atoms with Crippen LogP contribution in [0.5, 0.6) is 0 Å². The van der Waals surface area contributed by atoms with Crippen molar-refractivity contribution in [2.24, 2.45) is 0 Å². The summed E-state index contributed by atoms with van der Waals surface area (Å²) in [6.45, 7) is 0. The van der Waals surface area contributed by atoms with Crippen molar-refractivity contribution in [2.75, 3.05) is 4.90 Å². The fourth-order valence-electron chi connectivity index (χ4n) is 7.58. The van der Waals surface area contributed by atoms with Crippen molar-refractivity contribution in [1.82, 2.24) is 14.5 Å². The zero-order chi connectivity index (χ0) is 35.8. The first-order valence-electron chi connectivity index (χ1n) is 18.2. The van der Waals surface area contributed by atoms with Gasteiger partial charge in [0.15, 0.2) is 0 Å². The highest BCUT2D eigenvalue weighted by molar-refractivity contribution is 6.10. The highest BCUT2D eigenvalue weighted by Crippen LogP contribution is 2.39. The number of benzene rings is 8. The van der Waals surface area contributed by atoms with E-state index >= 15 is 0 Å². The normalized spacial score (nSPS) is 11.3.